The SMILES string of the molecule is C=C[Si]12O[Si]3(C=C)O[Si]4(C=C)O[Si](C=C)(O1)O[Si]1(C=C)O[Si](C=C)(O2)O[Si](C=C)(O3)O[Si](CC(O)CO)(O4)O1. The van der Waals surface area contributed by atoms with Crippen LogP contribution in [-0.2, 0) is 49.4 Å². The quantitative estimate of drug-likeness (QED) is 0.302. The van der Waals surface area contributed by atoms with Crippen molar-refractivity contribution in [1.29, 1.82) is 0 Å². The van der Waals surface area contributed by atoms with E-state index in [4.69, 9.17) is 49.4 Å². The van der Waals surface area contributed by atoms with Crippen molar-refractivity contribution in [2.45, 2.75) is 12.1 Å². The van der Waals surface area contributed by atoms with E-state index in [1.54, 1.807) is 0 Å². The van der Waals surface area contributed by atoms with Crippen LogP contribution in [-0.4, -0.2) is 93.4 Å². The number of aliphatic hydroxyl groups is 2. The third-order valence-electron chi connectivity index (χ3n) is 5.90. The summed E-state index contributed by atoms with van der Waals surface area (Å²) in [5.41, 5.74) is 9.13. The molecule has 0 aliphatic carbocycles. The van der Waals surface area contributed by atoms with Gasteiger partial charge in [-0.2, -0.15) is 0 Å². The zero-order chi connectivity index (χ0) is 28.4. The highest BCUT2D eigenvalue weighted by Crippen LogP contribution is 2.50. The van der Waals surface area contributed by atoms with Gasteiger partial charge in [-0.05, 0) is 39.9 Å². The Morgan fingerprint density at radius 1 is 0.436 bits per heavy atom. The van der Waals surface area contributed by atoms with E-state index in [9.17, 15) is 10.2 Å². The van der Waals surface area contributed by atoms with Crippen LogP contribution < -0.4 is 0 Å². The zero-order valence-electron chi connectivity index (χ0n) is 20.8. The van der Waals surface area contributed by atoms with Crippen molar-refractivity contribution < 1.29 is 59.6 Å². The molecule has 0 saturated carbocycles. The van der Waals surface area contributed by atoms with E-state index in [-0.39, 0.29) is 6.04 Å². The molecule has 6 aliphatic rings. The van der Waals surface area contributed by atoms with Gasteiger partial charge in [0.2, 0.25) is 0 Å². The van der Waals surface area contributed by atoms with Crippen LogP contribution in [0.3, 0.4) is 0 Å². The first-order valence-electron chi connectivity index (χ1n) is 11.5. The maximum absolute atomic E-state index is 10.6. The second-order valence-electron chi connectivity index (χ2n) is 8.60. The molecule has 8 bridgehead atoms. The lowest BCUT2D eigenvalue weighted by Crippen LogP contribution is -2.87. The molecule has 6 heterocycles. The van der Waals surface area contributed by atoms with Crippen molar-refractivity contribution in [3.8, 4) is 0 Å². The lowest BCUT2D eigenvalue weighted by Gasteiger charge is -2.60. The molecule has 212 valence electrons. The lowest BCUT2D eigenvalue weighted by atomic mass is 10.4. The average molecular weight is 681 g/mol. The van der Waals surface area contributed by atoms with Crippen LogP contribution >= 0.6 is 0 Å². The molecule has 1 unspecified atom stereocenters. The minimum atomic E-state index is -4.38. The summed E-state index contributed by atoms with van der Waals surface area (Å²) in [4.78, 5) is 0. The number of hydrogen-bond acceptors (Lipinski definition) is 14. The Morgan fingerprint density at radius 3 is 0.821 bits per heavy atom. The number of aliphatic hydroxyl groups excluding tert-OH is 2. The van der Waals surface area contributed by atoms with E-state index in [1.807, 2.05) is 0 Å². The number of hydrogen-bond donors (Lipinski definition) is 2. The predicted octanol–water partition coefficient (Wildman–Crippen LogP) is 0.194. The van der Waals surface area contributed by atoms with E-state index >= 15 is 0 Å². The van der Waals surface area contributed by atoms with Gasteiger partial charge in [-0.3, -0.25) is 0 Å². The summed E-state index contributed by atoms with van der Waals surface area (Å²) in [6.45, 7) is 26.5. The molecule has 22 heteroatoms. The molecule has 1 atom stereocenters. The molecule has 0 aromatic heterocycles. The van der Waals surface area contributed by atoms with Crippen molar-refractivity contribution >= 4 is 70.4 Å². The fourth-order valence-electron chi connectivity index (χ4n) is 4.29. The van der Waals surface area contributed by atoms with Gasteiger partial charge >= 0.3 is 70.4 Å². The van der Waals surface area contributed by atoms with Crippen molar-refractivity contribution in [3.05, 3.63) is 85.9 Å². The Labute approximate surface area is 234 Å². The first-order valence-corrected chi connectivity index (χ1v) is 26.1. The van der Waals surface area contributed by atoms with E-state index in [0.29, 0.717) is 0 Å². The molecule has 0 aromatic carbocycles. The summed E-state index contributed by atoms with van der Waals surface area (Å²) in [5, 5.41) is 20.4. The van der Waals surface area contributed by atoms with Gasteiger partial charge in [0.15, 0.2) is 0 Å². The highest BCUT2D eigenvalue weighted by molar-refractivity contribution is 7.07. The van der Waals surface area contributed by atoms with Crippen LogP contribution in [0.15, 0.2) is 85.9 Å². The molecular weight excluding hydrogens is 653 g/mol. The fourth-order valence-corrected chi connectivity index (χ4v) is 45.5. The van der Waals surface area contributed by atoms with Gasteiger partial charge in [0.05, 0.1) is 12.7 Å². The molecule has 6 fully saturated rings. The van der Waals surface area contributed by atoms with Crippen LogP contribution in [0.1, 0.15) is 0 Å². The average Bonchev–Trinajstić information content (AvgIpc) is 2.87. The molecule has 14 nitrogen and oxygen atoms in total. The molecule has 6 aliphatic heterocycles. The van der Waals surface area contributed by atoms with Gasteiger partial charge in [-0.25, -0.2) is 0 Å². The largest absolute Gasteiger partial charge is 0.507 e. The molecule has 2 N–H and O–H groups in total. The molecule has 0 aromatic rings. The van der Waals surface area contributed by atoms with Crippen LogP contribution in [0.2, 0.25) is 6.04 Å². The summed E-state index contributed by atoms with van der Waals surface area (Å²) in [7, 11) is -34.0. The minimum absolute atomic E-state index is 0.384. The molecular formula is C17H28O14Si8. The molecule has 6 saturated heterocycles. The third-order valence-corrected chi connectivity index (χ3v) is 38.0. The summed E-state index contributed by atoms with van der Waals surface area (Å²) in [6.07, 6.45) is -1.38. The first-order chi connectivity index (χ1) is 18.4. The molecule has 0 spiro atoms. The normalized spacial score (nSPS) is 50.7. The van der Waals surface area contributed by atoms with Gasteiger partial charge in [0, 0.05) is 6.04 Å². The lowest BCUT2D eigenvalue weighted by molar-refractivity contribution is -0.0131. The Bertz CT molecular complexity index is 997. The zero-order valence-corrected chi connectivity index (χ0v) is 28.8. The summed E-state index contributed by atoms with van der Waals surface area (Å²) in [5.74, 6) is 0. The summed E-state index contributed by atoms with van der Waals surface area (Å²) >= 11 is 0. The van der Waals surface area contributed by atoms with Crippen molar-refractivity contribution in [2.75, 3.05) is 6.61 Å². The molecule has 0 radical (unpaired) electrons. The minimum Gasteiger partial charge on any atom is -0.394 e. The summed E-state index contributed by atoms with van der Waals surface area (Å²) < 4.78 is 78.7. The third kappa shape index (κ3) is 4.73. The van der Waals surface area contributed by atoms with Gasteiger partial charge in [-0.1, -0.05) is 0 Å². The van der Waals surface area contributed by atoms with Crippen LogP contribution in [0.5, 0.6) is 0 Å². The molecule has 6 rings (SSSR count). The van der Waals surface area contributed by atoms with E-state index in [0.717, 1.165) is 0 Å². The highest BCUT2D eigenvalue weighted by atomic mass is 28.6. The van der Waals surface area contributed by atoms with Crippen LogP contribution in [0, 0.1) is 0 Å². The Balaban J connectivity index is 1.90. The second-order valence-corrected chi connectivity index (χ2v) is 31.5. The monoisotopic (exact) mass is 680 g/mol. The molecule has 0 amide bonds. The standard InChI is InChI=1S/C17H28O14Si8/c1-8-32-20-33(9-2)23-36(12-5)25-34(10-3,21-32)27-38(14-7)28-35(11-4,22-32)26-37(13-6,24-33)30-39(29-36,31-38)16-17(19)15-18/h8-14,17-19H,1-7,15-16H2. The van der Waals surface area contributed by atoms with Gasteiger partial charge in [-0.15, -0.1) is 46.1 Å². The van der Waals surface area contributed by atoms with Gasteiger partial charge in [0.25, 0.3) is 0 Å². The predicted molar refractivity (Wildman–Crippen MR) is 148 cm³/mol. The maximum atomic E-state index is 10.6. The van der Waals surface area contributed by atoms with Crippen molar-refractivity contribution in [1.82, 2.24) is 0 Å². The number of rotatable bonds is 10. The smallest absolute Gasteiger partial charge is 0.394 e. The maximum Gasteiger partial charge on any atom is 0.507 e. The van der Waals surface area contributed by atoms with Crippen molar-refractivity contribution in [3.63, 3.8) is 0 Å². The Hall–Kier alpha value is -0.645. The highest BCUT2D eigenvalue weighted by Gasteiger charge is 2.81. The van der Waals surface area contributed by atoms with Crippen LogP contribution in [0.25, 0.3) is 0 Å². The Morgan fingerprint density at radius 2 is 0.641 bits per heavy atom. The second kappa shape index (κ2) is 9.70. The van der Waals surface area contributed by atoms with Gasteiger partial charge < -0.3 is 59.6 Å². The Kier molecular flexibility index (Phi) is 7.42. The molecule has 39 heavy (non-hydrogen) atoms. The first kappa shape index (κ1) is 29.8. The van der Waals surface area contributed by atoms with E-state index in [1.165, 1.54) is 39.9 Å². The van der Waals surface area contributed by atoms with E-state index in [2.05, 4.69) is 46.1 Å². The van der Waals surface area contributed by atoms with Gasteiger partial charge in [0.1, 0.15) is 0 Å². The summed E-state index contributed by atoms with van der Waals surface area (Å²) in [6, 6.07) is -0.384. The fraction of sp³-hybridized carbons (Fsp3) is 0.176. The topological polar surface area (TPSA) is 151 Å². The van der Waals surface area contributed by atoms with Crippen molar-refractivity contribution in [2.24, 2.45) is 0 Å². The van der Waals surface area contributed by atoms with Crippen LogP contribution in [0.4, 0.5) is 0 Å². The van der Waals surface area contributed by atoms with E-state index < -0.39 is 83.1 Å².